The van der Waals surface area contributed by atoms with Gasteiger partial charge in [0.1, 0.15) is 18.1 Å². The van der Waals surface area contributed by atoms with E-state index < -0.39 is 0 Å². The summed E-state index contributed by atoms with van der Waals surface area (Å²) in [4.78, 5) is 9.36. The Bertz CT molecular complexity index is 673. The van der Waals surface area contributed by atoms with E-state index in [1.54, 1.807) is 0 Å². The predicted molar refractivity (Wildman–Crippen MR) is 94.8 cm³/mol. The predicted octanol–water partition coefficient (Wildman–Crippen LogP) is 1.54. The number of hydrogen-bond donors (Lipinski definition) is 2. The average molecular weight is 345 g/mol. The molecule has 1 atom stereocenters. The van der Waals surface area contributed by atoms with Crippen LogP contribution in [0.5, 0.6) is 0 Å². The Labute approximate surface area is 148 Å². The molecule has 6 nitrogen and oxygen atoms in total. The molecule has 1 saturated heterocycles. The van der Waals surface area contributed by atoms with Gasteiger partial charge in [0.05, 0.1) is 12.2 Å². The first kappa shape index (κ1) is 18.1. The number of nitrogens with zero attached hydrogens (tertiary/aromatic N) is 3. The molecule has 0 spiro atoms. The second-order valence-electron chi connectivity index (χ2n) is 6.67. The highest BCUT2D eigenvalue weighted by Crippen LogP contribution is 2.19. The molecule has 0 amide bonds. The van der Waals surface area contributed by atoms with Crippen LogP contribution in [0.3, 0.4) is 0 Å². The highest BCUT2D eigenvalue weighted by Gasteiger charge is 2.27. The van der Waals surface area contributed by atoms with Crippen LogP contribution in [0.4, 0.5) is 0 Å². The minimum absolute atomic E-state index is 0.0651. The van der Waals surface area contributed by atoms with Crippen molar-refractivity contribution in [3.63, 3.8) is 0 Å². The van der Waals surface area contributed by atoms with E-state index in [0.717, 1.165) is 56.3 Å². The summed E-state index contributed by atoms with van der Waals surface area (Å²) in [6.45, 7) is 6.46. The molecule has 0 unspecified atom stereocenters. The third kappa shape index (κ3) is 4.89. The van der Waals surface area contributed by atoms with Crippen molar-refractivity contribution in [1.82, 2.24) is 14.8 Å². The van der Waals surface area contributed by atoms with Gasteiger partial charge in [-0.05, 0) is 37.6 Å². The van der Waals surface area contributed by atoms with Gasteiger partial charge in [0.15, 0.2) is 0 Å². The van der Waals surface area contributed by atoms with Crippen LogP contribution in [0.15, 0.2) is 34.7 Å². The molecular formula is C19H27N3O3. The summed E-state index contributed by atoms with van der Waals surface area (Å²) in [7, 11) is 0. The van der Waals surface area contributed by atoms with Gasteiger partial charge in [0.25, 0.3) is 0 Å². The molecule has 2 N–H and O–H groups in total. The van der Waals surface area contributed by atoms with Crippen molar-refractivity contribution in [2.45, 2.75) is 39.1 Å². The van der Waals surface area contributed by atoms with Gasteiger partial charge in [-0.1, -0.05) is 6.07 Å². The molecule has 3 heterocycles. The van der Waals surface area contributed by atoms with Crippen LogP contribution in [0, 0.1) is 6.92 Å². The number of pyridine rings is 1. The molecule has 3 rings (SSSR count). The molecule has 0 bridgehead atoms. The first-order valence-electron chi connectivity index (χ1n) is 8.86. The van der Waals surface area contributed by atoms with Crippen LogP contribution >= 0.6 is 0 Å². The van der Waals surface area contributed by atoms with Crippen molar-refractivity contribution < 1.29 is 14.6 Å². The van der Waals surface area contributed by atoms with Gasteiger partial charge in [0.2, 0.25) is 0 Å². The maximum Gasteiger partial charge on any atom is 0.129 e. The maximum atomic E-state index is 9.45. The lowest BCUT2D eigenvalue weighted by atomic mass is 10.1. The van der Waals surface area contributed by atoms with Crippen molar-refractivity contribution in [2.75, 3.05) is 26.2 Å². The Morgan fingerprint density at radius 2 is 1.96 bits per heavy atom. The average Bonchev–Trinajstić information content (AvgIpc) is 3.05. The molecular weight excluding hydrogens is 318 g/mol. The minimum atomic E-state index is -0.0651. The Hall–Kier alpha value is -1.73. The summed E-state index contributed by atoms with van der Waals surface area (Å²) in [5.41, 5.74) is 2.11. The van der Waals surface area contributed by atoms with E-state index in [2.05, 4.69) is 20.9 Å². The second-order valence-corrected chi connectivity index (χ2v) is 6.67. The zero-order chi connectivity index (χ0) is 17.6. The molecule has 2 aromatic rings. The standard InChI is InChI=1S/C19H27N3O3/c1-15-3-2-4-16(20-15)11-22-9-8-21(12-17(22)7-10-23)13-18-5-6-19(14-24)25-18/h2-6,17,23-24H,7-14H2,1H3/t17-/m1/s1. The summed E-state index contributed by atoms with van der Waals surface area (Å²) in [5, 5.41) is 18.6. The zero-order valence-corrected chi connectivity index (χ0v) is 14.8. The van der Waals surface area contributed by atoms with Gasteiger partial charge in [-0.15, -0.1) is 0 Å². The van der Waals surface area contributed by atoms with E-state index in [-0.39, 0.29) is 13.2 Å². The van der Waals surface area contributed by atoms with Crippen LogP contribution in [0.1, 0.15) is 29.3 Å². The molecule has 0 radical (unpaired) electrons. The van der Waals surface area contributed by atoms with E-state index in [1.807, 2.05) is 31.2 Å². The van der Waals surface area contributed by atoms with Crippen LogP contribution in [-0.2, 0) is 19.7 Å². The lowest BCUT2D eigenvalue weighted by molar-refractivity contribution is 0.0456. The molecule has 0 aliphatic carbocycles. The normalized spacial score (nSPS) is 19.4. The monoisotopic (exact) mass is 345 g/mol. The number of aryl methyl sites for hydroxylation is 1. The SMILES string of the molecule is Cc1cccc(CN2CCN(Cc3ccc(CO)o3)C[C@H]2CCO)n1. The van der Waals surface area contributed by atoms with Gasteiger partial charge in [-0.2, -0.15) is 0 Å². The van der Waals surface area contributed by atoms with Crippen molar-refractivity contribution in [1.29, 1.82) is 0 Å². The number of aromatic nitrogens is 1. The molecule has 1 fully saturated rings. The number of hydrogen-bond acceptors (Lipinski definition) is 6. The topological polar surface area (TPSA) is 73.0 Å². The fourth-order valence-corrected chi connectivity index (χ4v) is 3.44. The molecule has 2 aromatic heterocycles. The van der Waals surface area contributed by atoms with Crippen molar-refractivity contribution in [2.24, 2.45) is 0 Å². The van der Waals surface area contributed by atoms with E-state index >= 15 is 0 Å². The third-order valence-electron chi connectivity index (χ3n) is 4.71. The van der Waals surface area contributed by atoms with Crippen LogP contribution in [-0.4, -0.2) is 57.3 Å². The first-order chi connectivity index (χ1) is 12.2. The lowest BCUT2D eigenvalue weighted by Gasteiger charge is -2.41. The van der Waals surface area contributed by atoms with Gasteiger partial charge in [-0.3, -0.25) is 14.8 Å². The lowest BCUT2D eigenvalue weighted by Crippen LogP contribution is -2.52. The first-order valence-corrected chi connectivity index (χ1v) is 8.86. The molecule has 25 heavy (non-hydrogen) atoms. The molecule has 1 aliphatic rings. The molecule has 1 aliphatic heterocycles. The Morgan fingerprint density at radius 1 is 1.12 bits per heavy atom. The highest BCUT2D eigenvalue weighted by atomic mass is 16.4. The Balaban J connectivity index is 1.61. The van der Waals surface area contributed by atoms with Gasteiger partial charge < -0.3 is 14.6 Å². The third-order valence-corrected chi connectivity index (χ3v) is 4.71. The number of piperazine rings is 1. The Morgan fingerprint density at radius 3 is 2.68 bits per heavy atom. The Kier molecular flexibility index (Phi) is 6.20. The number of aliphatic hydroxyl groups excluding tert-OH is 2. The maximum absolute atomic E-state index is 9.45. The fourth-order valence-electron chi connectivity index (χ4n) is 3.44. The molecule has 0 aromatic carbocycles. The quantitative estimate of drug-likeness (QED) is 0.793. The van der Waals surface area contributed by atoms with Gasteiger partial charge in [-0.25, -0.2) is 0 Å². The van der Waals surface area contributed by atoms with Crippen molar-refractivity contribution in [3.05, 3.63) is 53.2 Å². The zero-order valence-electron chi connectivity index (χ0n) is 14.8. The summed E-state index contributed by atoms with van der Waals surface area (Å²) in [6.07, 6.45) is 0.752. The summed E-state index contributed by atoms with van der Waals surface area (Å²) in [5.74, 6) is 1.48. The fraction of sp³-hybridized carbons (Fsp3) is 0.526. The van der Waals surface area contributed by atoms with Gasteiger partial charge >= 0.3 is 0 Å². The van der Waals surface area contributed by atoms with E-state index in [4.69, 9.17) is 9.52 Å². The highest BCUT2D eigenvalue weighted by molar-refractivity contribution is 5.10. The minimum Gasteiger partial charge on any atom is -0.462 e. The summed E-state index contributed by atoms with van der Waals surface area (Å²) < 4.78 is 5.60. The summed E-state index contributed by atoms with van der Waals surface area (Å²) in [6, 6.07) is 10.2. The smallest absolute Gasteiger partial charge is 0.129 e. The van der Waals surface area contributed by atoms with E-state index in [9.17, 15) is 5.11 Å². The summed E-state index contributed by atoms with van der Waals surface area (Å²) >= 11 is 0. The van der Waals surface area contributed by atoms with Crippen LogP contribution in [0.2, 0.25) is 0 Å². The number of furan rings is 1. The van der Waals surface area contributed by atoms with Crippen LogP contribution < -0.4 is 0 Å². The van der Waals surface area contributed by atoms with Gasteiger partial charge in [0, 0.05) is 44.5 Å². The van der Waals surface area contributed by atoms with Crippen molar-refractivity contribution in [3.8, 4) is 0 Å². The molecule has 0 saturated carbocycles. The number of rotatable bonds is 7. The largest absolute Gasteiger partial charge is 0.462 e. The van der Waals surface area contributed by atoms with E-state index in [1.165, 1.54) is 0 Å². The van der Waals surface area contributed by atoms with Crippen LogP contribution in [0.25, 0.3) is 0 Å². The second kappa shape index (κ2) is 8.58. The number of aliphatic hydroxyl groups is 2. The molecule has 6 heteroatoms. The van der Waals surface area contributed by atoms with Crippen molar-refractivity contribution >= 4 is 0 Å². The molecule has 136 valence electrons. The van der Waals surface area contributed by atoms with E-state index in [0.29, 0.717) is 11.8 Å².